The van der Waals surface area contributed by atoms with Crippen LogP contribution in [-0.2, 0) is 12.8 Å². The van der Waals surface area contributed by atoms with Crippen LogP contribution >= 0.6 is 11.3 Å². The summed E-state index contributed by atoms with van der Waals surface area (Å²) in [5.74, 6) is 2.39. The molecule has 0 aliphatic rings. The lowest BCUT2D eigenvalue weighted by Gasteiger charge is -2.10. The smallest absolute Gasteiger partial charge is 0.138 e. The van der Waals surface area contributed by atoms with Crippen LogP contribution in [0.25, 0.3) is 10.2 Å². The monoisotopic (exact) mass is 326 g/mol. The van der Waals surface area contributed by atoms with E-state index >= 15 is 0 Å². The summed E-state index contributed by atoms with van der Waals surface area (Å²) >= 11 is 1.71. The molecule has 5 heteroatoms. The highest BCUT2D eigenvalue weighted by Gasteiger charge is 2.13. The quantitative estimate of drug-likeness (QED) is 0.736. The fraction of sp³-hybridized carbons (Fsp3) is 0.389. The maximum atomic E-state index is 4.64. The molecule has 0 unspecified atom stereocenters. The highest BCUT2D eigenvalue weighted by atomic mass is 32.1. The molecule has 3 rings (SSSR count). The van der Waals surface area contributed by atoms with Crippen LogP contribution in [0.1, 0.15) is 30.9 Å². The third kappa shape index (κ3) is 3.85. The first kappa shape index (κ1) is 15.9. The summed E-state index contributed by atoms with van der Waals surface area (Å²) in [5.41, 5.74) is 2.44. The van der Waals surface area contributed by atoms with Crippen LogP contribution in [-0.4, -0.2) is 21.5 Å². The summed E-state index contributed by atoms with van der Waals surface area (Å²) in [4.78, 5) is 14.7. The zero-order valence-corrected chi connectivity index (χ0v) is 14.7. The Labute approximate surface area is 141 Å². The molecule has 23 heavy (non-hydrogen) atoms. The number of pyridine rings is 1. The number of hydrogen-bond donors (Lipinski definition) is 1. The van der Waals surface area contributed by atoms with Gasteiger partial charge in [-0.1, -0.05) is 19.9 Å². The van der Waals surface area contributed by atoms with Crippen molar-refractivity contribution in [3.8, 4) is 0 Å². The predicted octanol–water partition coefficient (Wildman–Crippen LogP) is 4.25. The Morgan fingerprint density at radius 3 is 2.83 bits per heavy atom. The maximum Gasteiger partial charge on any atom is 0.138 e. The Bertz CT molecular complexity index is 780. The number of nitrogens with one attached hydrogen (secondary N) is 1. The van der Waals surface area contributed by atoms with Crippen LogP contribution in [0.15, 0.2) is 29.8 Å². The molecule has 3 aromatic heterocycles. The number of hydrogen-bond acceptors (Lipinski definition) is 5. The fourth-order valence-electron chi connectivity index (χ4n) is 2.68. The lowest BCUT2D eigenvalue weighted by atomic mass is 10.0. The Balaban J connectivity index is 1.82. The van der Waals surface area contributed by atoms with E-state index in [1.165, 1.54) is 10.9 Å². The van der Waals surface area contributed by atoms with Crippen molar-refractivity contribution in [1.82, 2.24) is 15.0 Å². The zero-order chi connectivity index (χ0) is 16.2. The molecule has 4 nitrogen and oxygen atoms in total. The molecule has 0 aliphatic heterocycles. The highest BCUT2D eigenvalue weighted by molar-refractivity contribution is 7.17. The molecule has 3 heterocycles. The Morgan fingerprint density at radius 2 is 2.09 bits per heavy atom. The van der Waals surface area contributed by atoms with Gasteiger partial charge in [0.1, 0.15) is 16.5 Å². The minimum Gasteiger partial charge on any atom is -0.369 e. The van der Waals surface area contributed by atoms with E-state index in [-0.39, 0.29) is 0 Å². The minimum absolute atomic E-state index is 0.621. The van der Waals surface area contributed by atoms with E-state index in [1.807, 2.05) is 25.3 Å². The van der Waals surface area contributed by atoms with Crippen molar-refractivity contribution in [1.29, 1.82) is 0 Å². The van der Waals surface area contributed by atoms with Crippen molar-refractivity contribution in [2.75, 3.05) is 11.9 Å². The van der Waals surface area contributed by atoms with Crippen molar-refractivity contribution < 1.29 is 0 Å². The molecule has 0 saturated heterocycles. The predicted molar refractivity (Wildman–Crippen MR) is 97.1 cm³/mol. The molecule has 0 saturated carbocycles. The highest BCUT2D eigenvalue weighted by Crippen LogP contribution is 2.31. The van der Waals surface area contributed by atoms with E-state index in [2.05, 4.69) is 45.6 Å². The number of anilines is 1. The number of aromatic nitrogens is 3. The van der Waals surface area contributed by atoms with Crippen molar-refractivity contribution >= 4 is 27.4 Å². The molecule has 0 radical (unpaired) electrons. The zero-order valence-electron chi connectivity index (χ0n) is 13.8. The van der Waals surface area contributed by atoms with Gasteiger partial charge in [0, 0.05) is 24.9 Å². The second-order valence-electron chi connectivity index (χ2n) is 6.16. The normalized spacial score (nSPS) is 11.3. The second-order valence-corrected chi connectivity index (χ2v) is 7.01. The third-order valence-corrected chi connectivity index (χ3v) is 4.57. The molecule has 0 aromatic carbocycles. The molecule has 120 valence electrons. The number of fused-ring (bicyclic) bond motifs is 1. The molecule has 1 N–H and O–H groups in total. The van der Waals surface area contributed by atoms with Gasteiger partial charge < -0.3 is 5.32 Å². The second kappa shape index (κ2) is 7.04. The van der Waals surface area contributed by atoms with E-state index < -0.39 is 0 Å². The topological polar surface area (TPSA) is 50.7 Å². The van der Waals surface area contributed by atoms with E-state index in [0.29, 0.717) is 5.92 Å². The van der Waals surface area contributed by atoms with E-state index in [9.17, 15) is 0 Å². The first-order chi connectivity index (χ1) is 11.1. The molecule has 3 aromatic rings. The Hall–Kier alpha value is -2.01. The van der Waals surface area contributed by atoms with Gasteiger partial charge in [-0.15, -0.1) is 11.3 Å². The molecule has 0 fully saturated rings. The third-order valence-electron chi connectivity index (χ3n) is 3.65. The largest absolute Gasteiger partial charge is 0.369 e. The van der Waals surface area contributed by atoms with Crippen molar-refractivity contribution in [3.63, 3.8) is 0 Å². The first-order valence-corrected chi connectivity index (χ1v) is 8.90. The maximum absolute atomic E-state index is 4.64. The summed E-state index contributed by atoms with van der Waals surface area (Å²) in [6.07, 6.45) is 3.78. The van der Waals surface area contributed by atoms with Gasteiger partial charge in [-0.25, -0.2) is 9.97 Å². The van der Waals surface area contributed by atoms with Gasteiger partial charge in [0.25, 0.3) is 0 Å². The van der Waals surface area contributed by atoms with Gasteiger partial charge in [0.15, 0.2) is 0 Å². The van der Waals surface area contributed by atoms with E-state index in [1.54, 1.807) is 11.3 Å². The molecule has 0 bridgehead atoms. The summed E-state index contributed by atoms with van der Waals surface area (Å²) in [7, 11) is 0. The van der Waals surface area contributed by atoms with Gasteiger partial charge >= 0.3 is 0 Å². The van der Waals surface area contributed by atoms with Crippen LogP contribution in [0.4, 0.5) is 5.82 Å². The number of aryl methyl sites for hydroxylation is 1. The molecule has 0 spiro atoms. The van der Waals surface area contributed by atoms with Gasteiger partial charge in [-0.05, 0) is 42.3 Å². The summed E-state index contributed by atoms with van der Waals surface area (Å²) in [6.45, 7) is 7.25. The average Bonchev–Trinajstić information content (AvgIpc) is 2.90. The van der Waals surface area contributed by atoms with Crippen LogP contribution in [0.2, 0.25) is 0 Å². The fourth-order valence-corrected chi connectivity index (χ4v) is 3.68. The number of rotatable bonds is 6. The molecular formula is C18H22N4S. The summed E-state index contributed by atoms with van der Waals surface area (Å²) < 4.78 is 0. The SMILES string of the molecule is Cc1nc(NCCc2ccccn2)c2c(CC(C)C)csc2n1. The molecular weight excluding hydrogens is 304 g/mol. The average molecular weight is 326 g/mol. The van der Waals surface area contributed by atoms with Crippen LogP contribution < -0.4 is 5.32 Å². The van der Waals surface area contributed by atoms with Crippen LogP contribution in [0.3, 0.4) is 0 Å². The Kier molecular flexibility index (Phi) is 4.86. The molecule has 0 amide bonds. The Morgan fingerprint density at radius 1 is 1.22 bits per heavy atom. The number of nitrogens with zero attached hydrogens (tertiary/aromatic N) is 3. The summed E-state index contributed by atoms with van der Waals surface area (Å²) in [6, 6.07) is 6.02. The van der Waals surface area contributed by atoms with Crippen molar-refractivity contribution in [2.24, 2.45) is 5.92 Å². The van der Waals surface area contributed by atoms with E-state index in [0.717, 1.165) is 41.6 Å². The van der Waals surface area contributed by atoms with Gasteiger partial charge in [0.05, 0.1) is 5.39 Å². The van der Waals surface area contributed by atoms with Gasteiger partial charge in [-0.2, -0.15) is 0 Å². The number of thiophene rings is 1. The van der Waals surface area contributed by atoms with Gasteiger partial charge in [0.2, 0.25) is 0 Å². The van der Waals surface area contributed by atoms with Gasteiger partial charge in [-0.3, -0.25) is 4.98 Å². The van der Waals surface area contributed by atoms with Crippen molar-refractivity contribution in [3.05, 3.63) is 46.9 Å². The minimum atomic E-state index is 0.621. The standard InChI is InChI=1S/C18H22N4S/c1-12(2)10-14-11-23-18-16(14)17(21-13(3)22-18)20-9-7-15-6-4-5-8-19-15/h4-6,8,11-12H,7,9-10H2,1-3H3,(H,20,21,22). The van der Waals surface area contributed by atoms with Crippen LogP contribution in [0.5, 0.6) is 0 Å². The summed E-state index contributed by atoms with van der Waals surface area (Å²) in [5, 5.41) is 6.91. The first-order valence-electron chi connectivity index (χ1n) is 8.02. The van der Waals surface area contributed by atoms with E-state index in [4.69, 9.17) is 0 Å². The lowest BCUT2D eigenvalue weighted by Crippen LogP contribution is -2.09. The van der Waals surface area contributed by atoms with Crippen LogP contribution in [0, 0.1) is 12.8 Å². The molecule has 0 atom stereocenters. The lowest BCUT2D eigenvalue weighted by molar-refractivity contribution is 0.651. The molecule has 0 aliphatic carbocycles. The van der Waals surface area contributed by atoms with Crippen molar-refractivity contribution in [2.45, 2.75) is 33.6 Å².